The van der Waals surface area contributed by atoms with Gasteiger partial charge in [-0.15, -0.1) is 0 Å². The van der Waals surface area contributed by atoms with E-state index < -0.39 is 0 Å². The van der Waals surface area contributed by atoms with E-state index in [1.54, 1.807) is 0 Å². The van der Waals surface area contributed by atoms with Crippen molar-refractivity contribution in [1.29, 1.82) is 0 Å². The topological polar surface area (TPSA) is 52.7 Å². The molecule has 1 aromatic rings. The summed E-state index contributed by atoms with van der Waals surface area (Å²) in [5, 5.41) is 2.87. The first-order valence-corrected chi connectivity index (χ1v) is 8.15. The number of benzene rings is 1. The molecule has 1 aliphatic carbocycles. The molecule has 1 aromatic carbocycles. The number of carbonyl (C=O) groups is 2. The molecule has 2 atom stereocenters. The first kappa shape index (κ1) is 13.6. The van der Waals surface area contributed by atoms with Gasteiger partial charge in [0.1, 0.15) is 0 Å². The lowest BCUT2D eigenvalue weighted by Crippen LogP contribution is -2.54. The third-order valence-corrected chi connectivity index (χ3v) is 5.21. The second-order valence-electron chi connectivity index (χ2n) is 6.46. The van der Waals surface area contributed by atoms with Crippen molar-refractivity contribution in [2.75, 3.05) is 26.2 Å². The average Bonchev–Trinajstić information content (AvgIpc) is 2.94. The van der Waals surface area contributed by atoms with Gasteiger partial charge in [-0.2, -0.15) is 0 Å². The lowest BCUT2D eigenvalue weighted by Gasteiger charge is -2.39. The molecule has 5 nitrogen and oxygen atoms in total. The maximum absolute atomic E-state index is 13.0. The van der Waals surface area contributed by atoms with E-state index in [4.69, 9.17) is 0 Å². The van der Waals surface area contributed by atoms with E-state index in [0.717, 1.165) is 19.3 Å². The molecule has 2 saturated heterocycles. The number of nitrogens with one attached hydrogen (secondary N) is 1. The molecule has 0 spiro atoms. The minimum atomic E-state index is 0.00145. The number of nitrogens with zero attached hydrogens (tertiary/aromatic N) is 2. The molecule has 4 rings (SSSR count). The molecule has 1 N–H and O–H groups in total. The first-order valence-electron chi connectivity index (χ1n) is 8.15. The summed E-state index contributed by atoms with van der Waals surface area (Å²) >= 11 is 0. The Bertz CT molecular complexity index is 616. The van der Waals surface area contributed by atoms with Crippen molar-refractivity contribution in [3.8, 4) is 0 Å². The molecule has 2 fully saturated rings. The van der Waals surface area contributed by atoms with Crippen molar-refractivity contribution in [2.24, 2.45) is 0 Å². The fourth-order valence-electron chi connectivity index (χ4n) is 4.04. The minimum absolute atomic E-state index is 0.00145. The van der Waals surface area contributed by atoms with Gasteiger partial charge in [0.25, 0.3) is 0 Å². The normalized spacial score (nSPS) is 27.2. The molecule has 2 aliphatic heterocycles. The molecule has 22 heavy (non-hydrogen) atoms. The Morgan fingerprint density at radius 2 is 2.09 bits per heavy atom. The predicted molar refractivity (Wildman–Crippen MR) is 82.6 cm³/mol. The number of fused-ring (bicyclic) bond motifs is 2. The SMILES string of the molecule is O=C(C1CCCc2ccccc21)N1CCN2C(=O)NCC2C1. The van der Waals surface area contributed by atoms with E-state index >= 15 is 0 Å². The number of aryl methyl sites for hydroxylation is 1. The lowest BCUT2D eigenvalue weighted by molar-refractivity contribution is -0.135. The van der Waals surface area contributed by atoms with Crippen LogP contribution in [0.3, 0.4) is 0 Å². The molecular weight excluding hydrogens is 278 g/mol. The van der Waals surface area contributed by atoms with E-state index in [0.29, 0.717) is 26.2 Å². The van der Waals surface area contributed by atoms with Crippen LogP contribution < -0.4 is 5.32 Å². The smallest absolute Gasteiger partial charge is 0.317 e. The van der Waals surface area contributed by atoms with Crippen LogP contribution in [0.25, 0.3) is 0 Å². The van der Waals surface area contributed by atoms with Crippen molar-refractivity contribution in [2.45, 2.75) is 31.2 Å². The van der Waals surface area contributed by atoms with Crippen LogP contribution in [0.2, 0.25) is 0 Å². The first-order chi connectivity index (χ1) is 10.7. The van der Waals surface area contributed by atoms with Crippen molar-refractivity contribution in [3.63, 3.8) is 0 Å². The van der Waals surface area contributed by atoms with E-state index in [9.17, 15) is 9.59 Å². The average molecular weight is 299 g/mol. The van der Waals surface area contributed by atoms with E-state index in [-0.39, 0.29) is 23.9 Å². The number of urea groups is 1. The molecule has 0 radical (unpaired) electrons. The van der Waals surface area contributed by atoms with Gasteiger partial charge in [-0.05, 0) is 30.4 Å². The maximum Gasteiger partial charge on any atom is 0.317 e. The van der Waals surface area contributed by atoms with Gasteiger partial charge in [0.2, 0.25) is 5.91 Å². The predicted octanol–water partition coefficient (Wildman–Crippen LogP) is 1.34. The zero-order valence-electron chi connectivity index (χ0n) is 12.6. The molecule has 116 valence electrons. The molecule has 0 bridgehead atoms. The minimum Gasteiger partial charge on any atom is -0.338 e. The van der Waals surface area contributed by atoms with Gasteiger partial charge in [-0.3, -0.25) is 4.79 Å². The molecule has 0 aromatic heterocycles. The highest BCUT2D eigenvalue weighted by Crippen LogP contribution is 2.33. The van der Waals surface area contributed by atoms with Crippen molar-refractivity contribution in [3.05, 3.63) is 35.4 Å². The van der Waals surface area contributed by atoms with Crippen LogP contribution in [-0.4, -0.2) is 54.0 Å². The maximum atomic E-state index is 13.0. The molecule has 3 aliphatic rings. The van der Waals surface area contributed by atoms with Crippen molar-refractivity contribution >= 4 is 11.9 Å². The van der Waals surface area contributed by atoms with Crippen molar-refractivity contribution in [1.82, 2.24) is 15.1 Å². The summed E-state index contributed by atoms with van der Waals surface area (Å²) in [6.07, 6.45) is 3.10. The molecule has 0 saturated carbocycles. The van der Waals surface area contributed by atoms with Crippen LogP contribution in [0, 0.1) is 0 Å². The number of piperazine rings is 1. The van der Waals surface area contributed by atoms with Gasteiger partial charge in [0.15, 0.2) is 0 Å². The summed E-state index contributed by atoms with van der Waals surface area (Å²) in [5.74, 6) is 0.243. The second-order valence-corrected chi connectivity index (χ2v) is 6.46. The Labute approximate surface area is 130 Å². The lowest BCUT2D eigenvalue weighted by atomic mass is 9.82. The van der Waals surface area contributed by atoms with Gasteiger partial charge in [-0.1, -0.05) is 24.3 Å². The number of hydrogen-bond donors (Lipinski definition) is 1. The molecule has 5 heteroatoms. The monoisotopic (exact) mass is 299 g/mol. The second kappa shape index (κ2) is 5.30. The van der Waals surface area contributed by atoms with E-state index in [2.05, 4.69) is 23.5 Å². The van der Waals surface area contributed by atoms with E-state index in [1.165, 1.54) is 11.1 Å². The fraction of sp³-hybridized carbons (Fsp3) is 0.529. The highest BCUT2D eigenvalue weighted by atomic mass is 16.2. The van der Waals surface area contributed by atoms with Gasteiger partial charge in [-0.25, -0.2) is 4.79 Å². The van der Waals surface area contributed by atoms with Crippen molar-refractivity contribution < 1.29 is 9.59 Å². The number of hydrogen-bond acceptors (Lipinski definition) is 2. The summed E-state index contributed by atoms with van der Waals surface area (Å²) in [4.78, 5) is 28.5. The van der Waals surface area contributed by atoms with E-state index in [1.807, 2.05) is 15.9 Å². The van der Waals surface area contributed by atoms with Gasteiger partial charge in [0.05, 0.1) is 12.0 Å². The molecule has 2 unspecified atom stereocenters. The third kappa shape index (κ3) is 2.16. The quantitative estimate of drug-likeness (QED) is 0.851. The molecule has 2 heterocycles. The Morgan fingerprint density at radius 3 is 3.00 bits per heavy atom. The highest BCUT2D eigenvalue weighted by molar-refractivity contribution is 5.85. The fourth-order valence-corrected chi connectivity index (χ4v) is 4.04. The summed E-state index contributed by atoms with van der Waals surface area (Å²) < 4.78 is 0. The Hall–Kier alpha value is -2.04. The van der Waals surface area contributed by atoms with Gasteiger partial charge >= 0.3 is 6.03 Å². The van der Waals surface area contributed by atoms with Gasteiger partial charge in [0, 0.05) is 26.2 Å². The Kier molecular flexibility index (Phi) is 3.28. The van der Waals surface area contributed by atoms with Gasteiger partial charge < -0.3 is 15.1 Å². The molecular formula is C17H21N3O2. The number of rotatable bonds is 1. The zero-order valence-corrected chi connectivity index (χ0v) is 12.6. The standard InChI is InChI=1S/C17H21N3O2/c21-16(15-7-3-5-12-4-1-2-6-14(12)15)19-8-9-20-13(11-19)10-18-17(20)22/h1-2,4,6,13,15H,3,5,7-11H2,(H,18,22). The van der Waals surface area contributed by atoms with Crippen LogP contribution in [0.15, 0.2) is 24.3 Å². The van der Waals surface area contributed by atoms with Crippen LogP contribution in [-0.2, 0) is 11.2 Å². The highest BCUT2D eigenvalue weighted by Gasteiger charge is 2.39. The summed E-state index contributed by atoms with van der Waals surface area (Å²) in [7, 11) is 0. The molecule has 3 amide bonds. The Morgan fingerprint density at radius 1 is 1.23 bits per heavy atom. The Balaban J connectivity index is 1.52. The summed E-state index contributed by atoms with van der Waals surface area (Å²) in [6.45, 7) is 2.62. The van der Waals surface area contributed by atoms with Crippen LogP contribution in [0.4, 0.5) is 4.79 Å². The van der Waals surface area contributed by atoms with Crippen LogP contribution >= 0.6 is 0 Å². The van der Waals surface area contributed by atoms with Crippen LogP contribution in [0.1, 0.15) is 29.9 Å². The third-order valence-electron chi connectivity index (χ3n) is 5.21. The summed E-state index contributed by atoms with van der Waals surface area (Å²) in [6, 6.07) is 8.49. The largest absolute Gasteiger partial charge is 0.338 e. The zero-order chi connectivity index (χ0) is 15.1. The number of amides is 3. The number of carbonyl (C=O) groups excluding carboxylic acids is 2. The summed E-state index contributed by atoms with van der Waals surface area (Å²) in [5.41, 5.74) is 2.53. The van der Waals surface area contributed by atoms with Crippen LogP contribution in [0.5, 0.6) is 0 Å².